The fourth-order valence-electron chi connectivity index (χ4n) is 0.362. The van der Waals surface area contributed by atoms with Gasteiger partial charge in [0, 0.05) is 0 Å². The molecular formula is C8H14O. The van der Waals surface area contributed by atoms with E-state index in [1.165, 1.54) is 0 Å². The molecule has 0 amide bonds. The zero-order chi connectivity index (χ0) is 7.49. The van der Waals surface area contributed by atoms with Crippen LogP contribution in [0.2, 0.25) is 0 Å². The van der Waals surface area contributed by atoms with E-state index in [1.54, 1.807) is 6.08 Å². The quantitative estimate of drug-likeness (QED) is 0.530. The molecule has 0 spiro atoms. The van der Waals surface area contributed by atoms with Crippen LogP contribution in [0.4, 0.5) is 0 Å². The molecule has 1 heteroatoms. The van der Waals surface area contributed by atoms with E-state index in [0.717, 1.165) is 0 Å². The molecule has 0 aromatic heterocycles. The Morgan fingerprint density at radius 2 is 2.00 bits per heavy atom. The van der Waals surface area contributed by atoms with Crippen molar-refractivity contribution in [3.63, 3.8) is 0 Å². The molecule has 0 saturated carbocycles. The molecule has 0 fully saturated rings. The molecule has 0 heterocycles. The predicted molar refractivity (Wildman–Crippen MR) is 39.2 cm³/mol. The Balaban J connectivity index is 4.03. The van der Waals surface area contributed by atoms with Crippen LogP contribution < -0.4 is 0 Å². The van der Waals surface area contributed by atoms with Gasteiger partial charge in [0.2, 0.25) is 0 Å². The van der Waals surface area contributed by atoms with Crippen LogP contribution in [0.25, 0.3) is 0 Å². The zero-order valence-electron chi connectivity index (χ0n) is 6.31. The second-order valence-electron chi connectivity index (χ2n) is 3.18. The Labute approximate surface area is 56.7 Å². The van der Waals surface area contributed by atoms with Crippen LogP contribution in [0.15, 0.2) is 18.4 Å². The fraction of sp³-hybridized carbons (Fsp3) is 0.625. The summed E-state index contributed by atoms with van der Waals surface area (Å²) in [4.78, 5) is 0. The minimum atomic E-state index is -0.435. The van der Waals surface area contributed by atoms with Crippen molar-refractivity contribution in [3.05, 3.63) is 18.4 Å². The topological polar surface area (TPSA) is 20.2 Å². The fourth-order valence-corrected chi connectivity index (χ4v) is 0.362. The summed E-state index contributed by atoms with van der Waals surface area (Å²) in [5.74, 6) is 0. The maximum atomic E-state index is 9.23. The molecule has 0 aromatic rings. The van der Waals surface area contributed by atoms with Crippen molar-refractivity contribution in [1.29, 1.82) is 0 Å². The van der Waals surface area contributed by atoms with Gasteiger partial charge in [0.1, 0.15) is 0 Å². The molecule has 0 aliphatic rings. The highest BCUT2D eigenvalue weighted by atomic mass is 16.3. The van der Waals surface area contributed by atoms with E-state index >= 15 is 0 Å². The van der Waals surface area contributed by atoms with E-state index in [0.29, 0.717) is 0 Å². The van der Waals surface area contributed by atoms with Crippen LogP contribution in [0.3, 0.4) is 0 Å². The summed E-state index contributed by atoms with van der Waals surface area (Å²) in [5, 5.41) is 9.23. The number of rotatable bonds is 1. The second kappa shape index (κ2) is 2.86. The molecule has 0 aliphatic heterocycles. The number of hydrogen-bond acceptors (Lipinski definition) is 1. The largest absolute Gasteiger partial charge is 0.388 e. The Morgan fingerprint density at radius 1 is 1.56 bits per heavy atom. The second-order valence-corrected chi connectivity index (χ2v) is 3.18. The van der Waals surface area contributed by atoms with Crippen LogP contribution in [0.5, 0.6) is 0 Å². The van der Waals surface area contributed by atoms with E-state index < -0.39 is 6.10 Å². The lowest BCUT2D eigenvalue weighted by Gasteiger charge is -2.21. The Morgan fingerprint density at radius 3 is 2.11 bits per heavy atom. The van der Waals surface area contributed by atoms with Crippen molar-refractivity contribution in [2.24, 2.45) is 5.41 Å². The highest BCUT2D eigenvalue weighted by Gasteiger charge is 2.18. The summed E-state index contributed by atoms with van der Waals surface area (Å²) in [6.07, 6.45) is 1.13. The van der Waals surface area contributed by atoms with Gasteiger partial charge in [-0.05, 0) is 11.5 Å². The average molecular weight is 126 g/mol. The first-order valence-corrected chi connectivity index (χ1v) is 3.02. The standard InChI is InChI=1S/C8H14O/c1-5-6-7(9)8(2,3)4/h6-7,9H,1H2,2-4H3/t7-/m1/s1. The van der Waals surface area contributed by atoms with Crippen LogP contribution in [-0.4, -0.2) is 11.2 Å². The third-order valence-electron chi connectivity index (χ3n) is 1.16. The Hall–Kier alpha value is -0.520. The van der Waals surface area contributed by atoms with Crippen LogP contribution in [-0.2, 0) is 0 Å². The maximum Gasteiger partial charge on any atom is 0.0842 e. The van der Waals surface area contributed by atoms with E-state index in [2.05, 4.69) is 12.3 Å². The average Bonchev–Trinajstić information content (AvgIpc) is 1.64. The predicted octanol–water partition coefficient (Wildman–Crippen LogP) is 1.73. The normalized spacial score (nSPS) is 14.2. The minimum absolute atomic E-state index is 0.0926. The molecule has 1 N–H and O–H groups in total. The molecule has 0 aromatic carbocycles. The van der Waals surface area contributed by atoms with E-state index in [1.807, 2.05) is 20.8 Å². The summed E-state index contributed by atoms with van der Waals surface area (Å²) >= 11 is 0. The summed E-state index contributed by atoms with van der Waals surface area (Å²) in [5.41, 5.74) is 2.46. The molecule has 1 nitrogen and oxygen atoms in total. The molecule has 0 saturated heterocycles. The van der Waals surface area contributed by atoms with Crippen molar-refractivity contribution in [2.75, 3.05) is 0 Å². The molecule has 0 radical (unpaired) electrons. The van der Waals surface area contributed by atoms with Crippen molar-refractivity contribution < 1.29 is 5.11 Å². The smallest absolute Gasteiger partial charge is 0.0842 e. The van der Waals surface area contributed by atoms with Crippen LogP contribution in [0.1, 0.15) is 20.8 Å². The molecule has 0 unspecified atom stereocenters. The molecular weight excluding hydrogens is 112 g/mol. The van der Waals surface area contributed by atoms with Crippen molar-refractivity contribution in [3.8, 4) is 0 Å². The van der Waals surface area contributed by atoms with Gasteiger partial charge in [0.05, 0.1) is 6.10 Å². The van der Waals surface area contributed by atoms with Gasteiger partial charge in [0.25, 0.3) is 0 Å². The minimum Gasteiger partial charge on any atom is -0.388 e. The van der Waals surface area contributed by atoms with Crippen LogP contribution in [0, 0.1) is 5.41 Å². The first-order valence-electron chi connectivity index (χ1n) is 3.02. The van der Waals surface area contributed by atoms with Gasteiger partial charge in [-0.2, -0.15) is 0 Å². The molecule has 0 aliphatic carbocycles. The summed E-state index contributed by atoms with van der Waals surface area (Å²) in [6.45, 7) is 9.26. The maximum absolute atomic E-state index is 9.23. The Bertz CT molecular complexity index is 124. The lowest BCUT2D eigenvalue weighted by Crippen LogP contribution is -2.23. The number of aliphatic hydroxyl groups is 1. The monoisotopic (exact) mass is 126 g/mol. The first-order chi connectivity index (χ1) is 3.98. The summed E-state index contributed by atoms with van der Waals surface area (Å²) in [6, 6.07) is 0. The van der Waals surface area contributed by atoms with Crippen molar-refractivity contribution >= 4 is 0 Å². The number of hydrogen-bond donors (Lipinski definition) is 1. The molecule has 0 rings (SSSR count). The third kappa shape index (κ3) is 3.12. The van der Waals surface area contributed by atoms with E-state index in [9.17, 15) is 5.11 Å². The zero-order valence-corrected chi connectivity index (χ0v) is 6.31. The molecule has 9 heavy (non-hydrogen) atoms. The van der Waals surface area contributed by atoms with Gasteiger partial charge in [0.15, 0.2) is 0 Å². The van der Waals surface area contributed by atoms with Gasteiger partial charge < -0.3 is 5.11 Å². The summed E-state index contributed by atoms with van der Waals surface area (Å²) < 4.78 is 0. The van der Waals surface area contributed by atoms with Gasteiger partial charge in [-0.25, -0.2) is 0 Å². The van der Waals surface area contributed by atoms with Gasteiger partial charge in [-0.1, -0.05) is 27.4 Å². The highest BCUT2D eigenvalue weighted by molar-refractivity contribution is 4.91. The first kappa shape index (κ1) is 8.48. The number of aliphatic hydroxyl groups excluding tert-OH is 1. The van der Waals surface area contributed by atoms with E-state index in [4.69, 9.17) is 0 Å². The van der Waals surface area contributed by atoms with Gasteiger partial charge in [-0.15, -0.1) is 5.73 Å². The molecule has 1 atom stereocenters. The lowest BCUT2D eigenvalue weighted by atomic mass is 9.89. The van der Waals surface area contributed by atoms with Gasteiger partial charge in [-0.3, -0.25) is 0 Å². The SMILES string of the molecule is C=C=C[C@@H](O)C(C)(C)C. The van der Waals surface area contributed by atoms with Crippen molar-refractivity contribution in [2.45, 2.75) is 26.9 Å². The molecule has 0 bridgehead atoms. The van der Waals surface area contributed by atoms with E-state index in [-0.39, 0.29) is 5.41 Å². The Kier molecular flexibility index (Phi) is 2.69. The van der Waals surface area contributed by atoms with Crippen LogP contribution >= 0.6 is 0 Å². The summed E-state index contributed by atoms with van der Waals surface area (Å²) in [7, 11) is 0. The highest BCUT2D eigenvalue weighted by Crippen LogP contribution is 2.19. The molecule has 52 valence electrons. The third-order valence-corrected chi connectivity index (χ3v) is 1.16. The lowest BCUT2D eigenvalue weighted by molar-refractivity contribution is 0.106. The van der Waals surface area contributed by atoms with Crippen molar-refractivity contribution in [1.82, 2.24) is 0 Å². The van der Waals surface area contributed by atoms with Gasteiger partial charge >= 0.3 is 0 Å².